The van der Waals surface area contributed by atoms with Gasteiger partial charge in [-0.3, -0.25) is 18.9 Å². The van der Waals surface area contributed by atoms with E-state index < -0.39 is 31.4 Å². The van der Waals surface area contributed by atoms with Crippen LogP contribution in [0.1, 0.15) is 12.8 Å². The van der Waals surface area contributed by atoms with E-state index in [1.807, 2.05) is 0 Å². The molecule has 9 heteroatoms. The van der Waals surface area contributed by atoms with Gasteiger partial charge < -0.3 is 19.8 Å². The highest BCUT2D eigenvalue weighted by Gasteiger charge is 2.29. The molecule has 0 aromatic heterocycles. The highest BCUT2D eigenvalue weighted by Crippen LogP contribution is 2.42. The Bertz CT molecular complexity index is 352. The highest BCUT2D eigenvalue weighted by molar-refractivity contribution is 7.58. The average Bonchev–Trinajstić information content (AvgIpc) is 2.23. The van der Waals surface area contributed by atoms with Crippen LogP contribution in [0.15, 0.2) is 0 Å². The van der Waals surface area contributed by atoms with Crippen LogP contribution in [-0.4, -0.2) is 52.4 Å². The lowest BCUT2D eigenvalue weighted by Crippen LogP contribution is -2.20. The summed E-state index contributed by atoms with van der Waals surface area (Å²) in [5, 5.41) is 17.2. The van der Waals surface area contributed by atoms with Crippen molar-refractivity contribution in [2.75, 3.05) is 18.9 Å². The van der Waals surface area contributed by atoms with Gasteiger partial charge in [-0.05, 0) is 6.42 Å². The lowest BCUT2D eigenvalue weighted by Gasteiger charge is -2.16. The second kappa shape index (κ2) is 7.84. The lowest BCUT2D eigenvalue weighted by molar-refractivity contribution is -0.142. The van der Waals surface area contributed by atoms with Crippen LogP contribution in [0.2, 0.25) is 0 Å². The molecule has 2 unspecified atom stereocenters. The summed E-state index contributed by atoms with van der Waals surface area (Å²) in [6.07, 6.45) is -1.48. The smallest absolute Gasteiger partial charge is 0.307 e. The van der Waals surface area contributed by atoms with Gasteiger partial charge in [0.2, 0.25) is 7.37 Å². The SMILES string of the molecule is O=COCCP(=O)(O)CC(CCC(=O)O)C(=O)O. The summed E-state index contributed by atoms with van der Waals surface area (Å²) >= 11 is 0. The normalized spacial score (nSPS) is 15.4. The van der Waals surface area contributed by atoms with Gasteiger partial charge in [0.1, 0.15) is 6.61 Å². The molecule has 3 N–H and O–H groups in total. The van der Waals surface area contributed by atoms with E-state index >= 15 is 0 Å². The number of aliphatic carboxylic acids is 2. The molecule has 0 amide bonds. The van der Waals surface area contributed by atoms with Gasteiger partial charge in [-0.2, -0.15) is 0 Å². The van der Waals surface area contributed by atoms with Gasteiger partial charge in [-0.25, -0.2) is 0 Å². The first-order valence-electron chi connectivity index (χ1n) is 5.09. The molecule has 2 atom stereocenters. The average molecular weight is 282 g/mol. The van der Waals surface area contributed by atoms with E-state index in [-0.39, 0.29) is 32.1 Å². The van der Waals surface area contributed by atoms with Crippen LogP contribution in [-0.2, 0) is 23.7 Å². The van der Waals surface area contributed by atoms with Crippen LogP contribution in [0, 0.1) is 5.92 Å². The third-order valence-corrected chi connectivity index (χ3v) is 4.08. The van der Waals surface area contributed by atoms with Crippen molar-refractivity contribution in [1.29, 1.82) is 0 Å². The molecule has 0 saturated heterocycles. The predicted octanol–water partition coefficient (Wildman–Crippen LogP) is -0.00460. The molecular weight excluding hydrogens is 267 g/mol. The van der Waals surface area contributed by atoms with Gasteiger partial charge in [0.05, 0.1) is 12.1 Å². The Hall–Kier alpha value is -1.40. The summed E-state index contributed by atoms with van der Waals surface area (Å²) in [5.41, 5.74) is 0. The van der Waals surface area contributed by atoms with Crippen molar-refractivity contribution in [3.63, 3.8) is 0 Å². The minimum atomic E-state index is -3.75. The van der Waals surface area contributed by atoms with Crippen LogP contribution >= 0.6 is 7.37 Å². The first-order valence-corrected chi connectivity index (χ1v) is 7.12. The zero-order chi connectivity index (χ0) is 14.2. The molecule has 0 bridgehead atoms. The second-order valence-corrected chi connectivity index (χ2v) is 6.19. The molecular formula is C9H15O8P. The number of carboxylic acid groups (broad SMARTS) is 2. The summed E-state index contributed by atoms with van der Waals surface area (Å²) in [7, 11) is -3.75. The van der Waals surface area contributed by atoms with Gasteiger partial charge in [0.15, 0.2) is 0 Å². The number of carbonyl (C=O) groups is 3. The van der Waals surface area contributed by atoms with Crippen molar-refractivity contribution in [2.45, 2.75) is 12.8 Å². The van der Waals surface area contributed by atoms with E-state index in [9.17, 15) is 23.8 Å². The molecule has 0 aliphatic carbocycles. The summed E-state index contributed by atoms with van der Waals surface area (Å²) in [5.74, 6) is -3.69. The topological polar surface area (TPSA) is 138 Å². The maximum Gasteiger partial charge on any atom is 0.307 e. The number of hydrogen-bond acceptors (Lipinski definition) is 5. The number of carbonyl (C=O) groups excluding carboxylic acids is 1. The first-order chi connectivity index (χ1) is 8.28. The zero-order valence-electron chi connectivity index (χ0n) is 9.52. The van der Waals surface area contributed by atoms with E-state index in [1.54, 1.807) is 0 Å². The first kappa shape index (κ1) is 16.6. The van der Waals surface area contributed by atoms with Crippen LogP contribution in [0.3, 0.4) is 0 Å². The van der Waals surface area contributed by atoms with Crippen LogP contribution in [0.5, 0.6) is 0 Å². The minimum absolute atomic E-state index is 0.124. The molecule has 0 saturated carbocycles. The fourth-order valence-corrected chi connectivity index (χ4v) is 2.87. The fraction of sp³-hybridized carbons (Fsp3) is 0.667. The summed E-state index contributed by atoms with van der Waals surface area (Å²) < 4.78 is 15.9. The maximum atomic E-state index is 11.6. The van der Waals surface area contributed by atoms with Crippen LogP contribution in [0.25, 0.3) is 0 Å². The number of carboxylic acids is 2. The van der Waals surface area contributed by atoms with Crippen LogP contribution < -0.4 is 0 Å². The third kappa shape index (κ3) is 7.81. The van der Waals surface area contributed by atoms with Crippen LogP contribution in [0.4, 0.5) is 0 Å². The number of hydrogen-bond donors (Lipinski definition) is 3. The lowest BCUT2D eigenvalue weighted by atomic mass is 10.1. The monoisotopic (exact) mass is 282 g/mol. The van der Waals surface area contributed by atoms with E-state index in [2.05, 4.69) is 4.74 Å². The van der Waals surface area contributed by atoms with Crippen molar-refractivity contribution < 1.29 is 38.8 Å². The summed E-state index contributed by atoms with van der Waals surface area (Å²) in [6.45, 7) is -0.151. The fourth-order valence-electron chi connectivity index (χ4n) is 1.27. The quantitative estimate of drug-likeness (QED) is 0.289. The highest BCUT2D eigenvalue weighted by atomic mass is 31.2. The van der Waals surface area contributed by atoms with Gasteiger partial charge in [-0.15, -0.1) is 0 Å². The Labute approximate surface area is 103 Å². The Morgan fingerprint density at radius 2 is 1.94 bits per heavy atom. The standard InChI is InChI=1S/C9H15O8P/c10-6-17-3-4-18(15,16)5-7(9(13)14)1-2-8(11)12/h6-7H,1-5H2,(H,11,12)(H,13,14)(H,15,16). The van der Waals surface area contributed by atoms with E-state index in [0.29, 0.717) is 0 Å². The Morgan fingerprint density at radius 3 is 2.39 bits per heavy atom. The molecule has 0 aromatic rings. The van der Waals surface area contributed by atoms with Gasteiger partial charge in [0, 0.05) is 12.6 Å². The molecule has 104 valence electrons. The third-order valence-electron chi connectivity index (χ3n) is 2.19. The summed E-state index contributed by atoms with van der Waals surface area (Å²) in [4.78, 5) is 40.4. The van der Waals surface area contributed by atoms with E-state index in [0.717, 1.165) is 0 Å². The molecule has 8 nitrogen and oxygen atoms in total. The van der Waals surface area contributed by atoms with Crippen molar-refractivity contribution in [3.8, 4) is 0 Å². The molecule has 0 heterocycles. The van der Waals surface area contributed by atoms with Gasteiger partial charge in [-0.1, -0.05) is 0 Å². The molecule has 0 aromatic carbocycles. The maximum absolute atomic E-state index is 11.6. The number of ether oxygens (including phenoxy) is 1. The second-order valence-electron chi connectivity index (χ2n) is 3.69. The van der Waals surface area contributed by atoms with E-state index in [1.165, 1.54) is 0 Å². The Morgan fingerprint density at radius 1 is 1.33 bits per heavy atom. The molecule has 0 aliphatic rings. The zero-order valence-corrected chi connectivity index (χ0v) is 10.4. The molecule has 18 heavy (non-hydrogen) atoms. The minimum Gasteiger partial charge on any atom is -0.481 e. The van der Waals surface area contributed by atoms with Gasteiger partial charge in [0.25, 0.3) is 6.47 Å². The largest absolute Gasteiger partial charge is 0.481 e. The van der Waals surface area contributed by atoms with Crippen molar-refractivity contribution >= 4 is 25.8 Å². The van der Waals surface area contributed by atoms with Crippen molar-refractivity contribution in [2.24, 2.45) is 5.92 Å². The molecule has 0 radical (unpaired) electrons. The predicted molar refractivity (Wildman–Crippen MR) is 59.6 cm³/mol. The Kier molecular flexibility index (Phi) is 7.23. The Balaban J connectivity index is 4.37. The molecule has 0 fully saturated rings. The molecule has 0 aliphatic heterocycles. The number of rotatable bonds is 10. The van der Waals surface area contributed by atoms with E-state index in [4.69, 9.17) is 10.2 Å². The molecule has 0 rings (SSSR count). The summed E-state index contributed by atoms with van der Waals surface area (Å²) in [6, 6.07) is 0. The molecule has 0 spiro atoms. The van der Waals surface area contributed by atoms with Crippen molar-refractivity contribution in [3.05, 3.63) is 0 Å². The van der Waals surface area contributed by atoms with Gasteiger partial charge >= 0.3 is 11.9 Å². The van der Waals surface area contributed by atoms with Crippen molar-refractivity contribution in [1.82, 2.24) is 0 Å².